The fourth-order valence-corrected chi connectivity index (χ4v) is 2.51. The molecule has 32 heavy (non-hydrogen) atoms. The SMILES string of the molecule is COC(=O)CCNC(=O)c1nc(NC(=O)c2nc(NC(=O)OC(C)(C)C)cn2C)cn1C. The minimum Gasteiger partial charge on any atom is -0.469 e. The van der Waals surface area contributed by atoms with Crippen molar-refractivity contribution in [2.24, 2.45) is 14.1 Å². The highest BCUT2D eigenvalue weighted by atomic mass is 16.6. The third-order valence-corrected chi connectivity index (χ3v) is 3.87. The normalized spacial score (nSPS) is 10.9. The van der Waals surface area contributed by atoms with Crippen molar-refractivity contribution in [3.8, 4) is 0 Å². The molecule has 0 aliphatic carbocycles. The molecule has 13 nitrogen and oxygen atoms in total. The van der Waals surface area contributed by atoms with Crippen LogP contribution in [0.25, 0.3) is 0 Å². The third kappa shape index (κ3) is 6.82. The molecule has 2 aromatic heterocycles. The summed E-state index contributed by atoms with van der Waals surface area (Å²) in [4.78, 5) is 56.0. The molecule has 13 heteroatoms. The number of hydrogen-bond donors (Lipinski definition) is 3. The van der Waals surface area contributed by atoms with Gasteiger partial charge in [0.1, 0.15) is 5.60 Å². The van der Waals surface area contributed by atoms with Crippen LogP contribution >= 0.6 is 0 Å². The number of amides is 3. The van der Waals surface area contributed by atoms with Crippen LogP contribution in [0.3, 0.4) is 0 Å². The molecule has 2 aromatic rings. The van der Waals surface area contributed by atoms with Crippen molar-refractivity contribution in [2.75, 3.05) is 24.3 Å². The first-order valence-electron chi connectivity index (χ1n) is 9.62. The number of anilines is 2. The smallest absolute Gasteiger partial charge is 0.413 e. The Bertz CT molecular complexity index is 1020. The first-order chi connectivity index (χ1) is 14.9. The van der Waals surface area contributed by atoms with E-state index in [1.165, 1.54) is 28.6 Å². The zero-order valence-electron chi connectivity index (χ0n) is 18.8. The van der Waals surface area contributed by atoms with E-state index in [0.29, 0.717) is 0 Å². The Morgan fingerprint density at radius 2 is 1.47 bits per heavy atom. The summed E-state index contributed by atoms with van der Waals surface area (Å²) in [6, 6.07) is 0. The van der Waals surface area contributed by atoms with Gasteiger partial charge in [0, 0.05) is 33.0 Å². The van der Waals surface area contributed by atoms with Gasteiger partial charge in [0.15, 0.2) is 11.6 Å². The molecule has 3 amide bonds. The van der Waals surface area contributed by atoms with E-state index in [1.54, 1.807) is 34.9 Å². The van der Waals surface area contributed by atoms with E-state index < -0.39 is 29.5 Å². The van der Waals surface area contributed by atoms with Gasteiger partial charge < -0.3 is 29.2 Å². The van der Waals surface area contributed by atoms with Gasteiger partial charge in [-0.2, -0.15) is 0 Å². The second kappa shape index (κ2) is 9.94. The zero-order valence-corrected chi connectivity index (χ0v) is 18.8. The fraction of sp³-hybridized carbons (Fsp3) is 0.474. The van der Waals surface area contributed by atoms with Crippen LogP contribution in [0.5, 0.6) is 0 Å². The van der Waals surface area contributed by atoms with Crippen LogP contribution in [0, 0.1) is 0 Å². The van der Waals surface area contributed by atoms with Crippen LogP contribution in [0.1, 0.15) is 48.4 Å². The summed E-state index contributed by atoms with van der Waals surface area (Å²) in [5, 5.41) is 7.56. The van der Waals surface area contributed by atoms with Gasteiger partial charge in [-0.15, -0.1) is 0 Å². The number of esters is 1. The number of ether oxygens (including phenoxy) is 2. The number of aromatic nitrogens is 4. The molecule has 2 rings (SSSR count). The fourth-order valence-electron chi connectivity index (χ4n) is 2.51. The minimum absolute atomic E-state index is 0.00536. The number of carbonyl (C=O) groups is 4. The number of methoxy groups -OCH3 is 1. The van der Waals surface area contributed by atoms with Gasteiger partial charge in [-0.25, -0.2) is 14.8 Å². The number of hydrogen-bond acceptors (Lipinski definition) is 8. The number of imidazole rings is 2. The molecule has 0 saturated heterocycles. The summed E-state index contributed by atoms with van der Waals surface area (Å²) in [5.74, 6) is -1.26. The lowest BCUT2D eigenvalue weighted by atomic mass is 10.2. The average molecular weight is 449 g/mol. The van der Waals surface area contributed by atoms with E-state index in [-0.39, 0.29) is 36.3 Å². The van der Waals surface area contributed by atoms with Crippen molar-refractivity contribution in [2.45, 2.75) is 32.8 Å². The molecule has 0 spiro atoms. The van der Waals surface area contributed by atoms with Crippen molar-refractivity contribution >= 4 is 35.5 Å². The van der Waals surface area contributed by atoms with Crippen molar-refractivity contribution < 1.29 is 28.7 Å². The molecule has 0 atom stereocenters. The van der Waals surface area contributed by atoms with E-state index in [1.807, 2.05) is 0 Å². The quantitative estimate of drug-likeness (QED) is 0.529. The van der Waals surface area contributed by atoms with E-state index in [9.17, 15) is 19.2 Å². The molecule has 0 saturated carbocycles. The Kier molecular flexibility index (Phi) is 7.57. The predicted octanol–water partition coefficient (Wildman–Crippen LogP) is 1.05. The molecule has 0 aliphatic heterocycles. The number of carbonyl (C=O) groups excluding carboxylic acids is 4. The number of aryl methyl sites for hydroxylation is 2. The highest BCUT2D eigenvalue weighted by molar-refractivity contribution is 6.02. The largest absolute Gasteiger partial charge is 0.469 e. The second-order valence-electron chi connectivity index (χ2n) is 7.78. The Hall–Kier alpha value is -3.90. The second-order valence-corrected chi connectivity index (χ2v) is 7.78. The molecule has 0 radical (unpaired) electrons. The molecule has 3 N–H and O–H groups in total. The maximum atomic E-state index is 12.6. The van der Waals surface area contributed by atoms with Gasteiger partial charge in [0.2, 0.25) is 11.6 Å². The van der Waals surface area contributed by atoms with E-state index in [4.69, 9.17) is 4.74 Å². The maximum Gasteiger partial charge on any atom is 0.413 e. The molecule has 0 aliphatic rings. The summed E-state index contributed by atoms with van der Waals surface area (Å²) in [6.45, 7) is 5.26. The van der Waals surface area contributed by atoms with Crippen LogP contribution in [0.4, 0.5) is 16.4 Å². The Balaban J connectivity index is 2.02. The minimum atomic E-state index is -0.699. The standard InChI is InChI=1S/C19H27N7O6/c1-19(2,3)32-18(30)24-12-10-26(5)15(22-12)17(29)23-11-9-25(4)14(21-11)16(28)20-8-7-13(27)31-6/h9-10H,7-8H2,1-6H3,(H,20,28)(H,23,29)(H,24,30). The van der Waals surface area contributed by atoms with Gasteiger partial charge in [0.05, 0.1) is 13.5 Å². The molecular weight excluding hydrogens is 422 g/mol. The lowest BCUT2D eigenvalue weighted by Crippen LogP contribution is -2.28. The first kappa shape index (κ1) is 24.4. The van der Waals surface area contributed by atoms with Gasteiger partial charge >= 0.3 is 12.1 Å². The average Bonchev–Trinajstić information content (AvgIpc) is 3.21. The monoisotopic (exact) mass is 449 g/mol. The van der Waals surface area contributed by atoms with Gasteiger partial charge in [0.25, 0.3) is 11.8 Å². The first-order valence-corrected chi connectivity index (χ1v) is 9.62. The summed E-state index contributed by atoms with van der Waals surface area (Å²) >= 11 is 0. The summed E-state index contributed by atoms with van der Waals surface area (Å²) in [5.41, 5.74) is -0.679. The Labute approximate surface area is 184 Å². The lowest BCUT2D eigenvalue weighted by molar-refractivity contribution is -0.140. The molecule has 2 heterocycles. The highest BCUT2D eigenvalue weighted by Crippen LogP contribution is 2.13. The van der Waals surface area contributed by atoms with Crippen LogP contribution in [-0.2, 0) is 28.4 Å². The molecule has 0 fully saturated rings. The predicted molar refractivity (Wildman–Crippen MR) is 113 cm³/mol. The van der Waals surface area contributed by atoms with E-state index in [2.05, 4.69) is 30.7 Å². The number of nitrogens with zero attached hydrogens (tertiary/aromatic N) is 4. The van der Waals surface area contributed by atoms with Crippen LogP contribution in [0.2, 0.25) is 0 Å². The van der Waals surface area contributed by atoms with Crippen LogP contribution in [-0.4, -0.2) is 62.2 Å². The molecular formula is C19H27N7O6. The highest BCUT2D eigenvalue weighted by Gasteiger charge is 2.21. The van der Waals surface area contributed by atoms with E-state index >= 15 is 0 Å². The van der Waals surface area contributed by atoms with Crippen molar-refractivity contribution in [3.63, 3.8) is 0 Å². The third-order valence-electron chi connectivity index (χ3n) is 3.87. The van der Waals surface area contributed by atoms with Crippen molar-refractivity contribution in [1.82, 2.24) is 24.4 Å². The Morgan fingerprint density at radius 1 is 0.938 bits per heavy atom. The van der Waals surface area contributed by atoms with Crippen molar-refractivity contribution in [3.05, 3.63) is 24.0 Å². The molecule has 0 unspecified atom stereocenters. The topological polar surface area (TPSA) is 158 Å². The lowest BCUT2D eigenvalue weighted by Gasteiger charge is -2.18. The number of nitrogens with one attached hydrogen (secondary N) is 3. The van der Waals surface area contributed by atoms with Crippen LogP contribution in [0.15, 0.2) is 12.4 Å². The molecule has 174 valence electrons. The zero-order chi connectivity index (χ0) is 24.1. The molecule has 0 bridgehead atoms. The van der Waals surface area contributed by atoms with Gasteiger partial charge in [-0.1, -0.05) is 0 Å². The van der Waals surface area contributed by atoms with Gasteiger partial charge in [-0.3, -0.25) is 19.7 Å². The van der Waals surface area contributed by atoms with Gasteiger partial charge in [-0.05, 0) is 20.8 Å². The maximum absolute atomic E-state index is 12.6. The summed E-state index contributed by atoms with van der Waals surface area (Å²) in [6.07, 6.45) is 2.23. The Morgan fingerprint density at radius 3 is 2.00 bits per heavy atom. The summed E-state index contributed by atoms with van der Waals surface area (Å²) in [7, 11) is 4.43. The van der Waals surface area contributed by atoms with Crippen LogP contribution < -0.4 is 16.0 Å². The molecule has 0 aromatic carbocycles. The van der Waals surface area contributed by atoms with E-state index in [0.717, 1.165) is 0 Å². The van der Waals surface area contributed by atoms with Crippen molar-refractivity contribution in [1.29, 1.82) is 0 Å². The number of rotatable bonds is 7. The summed E-state index contributed by atoms with van der Waals surface area (Å²) < 4.78 is 12.5.